The van der Waals surface area contributed by atoms with Gasteiger partial charge in [-0.3, -0.25) is 14.9 Å². The zero-order valence-electron chi connectivity index (χ0n) is 13.8. The lowest BCUT2D eigenvalue weighted by Gasteiger charge is -2.43. The van der Waals surface area contributed by atoms with Gasteiger partial charge in [0.1, 0.15) is 5.75 Å². The first-order chi connectivity index (χ1) is 11.8. The molecule has 2 aromatic rings. The summed E-state index contributed by atoms with van der Waals surface area (Å²) in [6.45, 7) is 4.53. The molecule has 0 amide bonds. The van der Waals surface area contributed by atoms with Crippen molar-refractivity contribution in [2.45, 2.75) is 25.5 Å². The molecule has 0 bridgehead atoms. The van der Waals surface area contributed by atoms with Crippen molar-refractivity contribution >= 4 is 0 Å². The molecule has 2 aromatic heterocycles. The van der Waals surface area contributed by atoms with Gasteiger partial charge in [0, 0.05) is 50.2 Å². The van der Waals surface area contributed by atoms with E-state index in [1.165, 1.54) is 5.56 Å². The van der Waals surface area contributed by atoms with Crippen molar-refractivity contribution in [3.63, 3.8) is 0 Å². The number of hydrogen-bond donors (Lipinski definition) is 0. The number of rotatable bonds is 5. The molecular formula is C19H23N3O2. The fourth-order valence-electron chi connectivity index (χ4n) is 3.89. The van der Waals surface area contributed by atoms with Crippen LogP contribution in [0.4, 0.5) is 0 Å². The van der Waals surface area contributed by atoms with Gasteiger partial charge in [0.25, 0.3) is 0 Å². The molecule has 24 heavy (non-hydrogen) atoms. The van der Waals surface area contributed by atoms with Crippen LogP contribution in [-0.2, 0) is 11.3 Å². The van der Waals surface area contributed by atoms with Crippen molar-refractivity contribution in [2.75, 3.05) is 26.3 Å². The number of likely N-dealkylation sites (tertiary alicyclic amines) is 1. The van der Waals surface area contributed by atoms with Crippen LogP contribution in [0.3, 0.4) is 0 Å². The summed E-state index contributed by atoms with van der Waals surface area (Å²) in [5, 5.41) is 0. The molecule has 2 fully saturated rings. The normalized spacial score (nSPS) is 26.9. The zero-order valence-corrected chi connectivity index (χ0v) is 13.8. The first-order valence-corrected chi connectivity index (χ1v) is 8.60. The van der Waals surface area contributed by atoms with Gasteiger partial charge in [-0.1, -0.05) is 6.07 Å². The third-order valence-electron chi connectivity index (χ3n) is 5.14. The van der Waals surface area contributed by atoms with E-state index >= 15 is 0 Å². The second-order valence-corrected chi connectivity index (χ2v) is 6.81. The number of ether oxygens (including phenoxy) is 2. The molecule has 4 heterocycles. The highest BCUT2D eigenvalue weighted by molar-refractivity contribution is 5.16. The minimum Gasteiger partial charge on any atom is -0.491 e. The van der Waals surface area contributed by atoms with E-state index in [2.05, 4.69) is 20.9 Å². The van der Waals surface area contributed by atoms with Crippen LogP contribution in [0.1, 0.15) is 18.4 Å². The molecule has 126 valence electrons. The van der Waals surface area contributed by atoms with Crippen molar-refractivity contribution in [1.29, 1.82) is 0 Å². The van der Waals surface area contributed by atoms with Crippen LogP contribution in [0, 0.1) is 5.41 Å². The summed E-state index contributed by atoms with van der Waals surface area (Å²) >= 11 is 0. The number of hydrogen-bond acceptors (Lipinski definition) is 5. The highest BCUT2D eigenvalue weighted by Crippen LogP contribution is 2.41. The number of fused-ring (bicyclic) bond motifs is 1. The maximum absolute atomic E-state index is 6.07. The Morgan fingerprint density at radius 3 is 2.88 bits per heavy atom. The van der Waals surface area contributed by atoms with Gasteiger partial charge in [0.05, 0.1) is 18.9 Å². The highest BCUT2D eigenvalue weighted by Gasteiger charge is 2.48. The molecule has 5 nitrogen and oxygen atoms in total. The van der Waals surface area contributed by atoms with Crippen molar-refractivity contribution in [1.82, 2.24) is 14.9 Å². The first kappa shape index (κ1) is 15.5. The van der Waals surface area contributed by atoms with E-state index in [0.29, 0.717) is 12.7 Å². The molecule has 0 radical (unpaired) electrons. The summed E-state index contributed by atoms with van der Waals surface area (Å²) in [7, 11) is 0. The van der Waals surface area contributed by atoms with Gasteiger partial charge >= 0.3 is 0 Å². The highest BCUT2D eigenvalue weighted by atomic mass is 16.5. The second kappa shape index (κ2) is 6.87. The summed E-state index contributed by atoms with van der Waals surface area (Å²) in [5.41, 5.74) is 1.34. The average molecular weight is 325 g/mol. The van der Waals surface area contributed by atoms with Crippen molar-refractivity contribution in [3.8, 4) is 5.75 Å². The van der Waals surface area contributed by atoms with Crippen LogP contribution in [0.5, 0.6) is 5.75 Å². The van der Waals surface area contributed by atoms with Crippen LogP contribution >= 0.6 is 0 Å². The van der Waals surface area contributed by atoms with Gasteiger partial charge < -0.3 is 9.47 Å². The Balaban J connectivity index is 1.44. The molecule has 2 aliphatic heterocycles. The molecule has 5 heteroatoms. The van der Waals surface area contributed by atoms with Crippen LogP contribution in [0.2, 0.25) is 0 Å². The molecular weight excluding hydrogens is 302 g/mol. The fourth-order valence-corrected chi connectivity index (χ4v) is 3.89. The van der Waals surface area contributed by atoms with Crippen LogP contribution in [0.15, 0.2) is 49.1 Å². The van der Waals surface area contributed by atoms with Gasteiger partial charge in [-0.15, -0.1) is 0 Å². The Hall–Kier alpha value is -1.98. The Morgan fingerprint density at radius 1 is 1.21 bits per heavy atom. The smallest absolute Gasteiger partial charge is 0.137 e. The van der Waals surface area contributed by atoms with E-state index in [-0.39, 0.29) is 5.41 Å². The average Bonchev–Trinajstić information content (AvgIpc) is 3.05. The summed E-state index contributed by atoms with van der Waals surface area (Å²) < 4.78 is 12.1. The van der Waals surface area contributed by atoms with Gasteiger partial charge in [0.15, 0.2) is 0 Å². The first-order valence-electron chi connectivity index (χ1n) is 8.60. The topological polar surface area (TPSA) is 47.5 Å². The van der Waals surface area contributed by atoms with E-state index in [0.717, 1.165) is 44.8 Å². The van der Waals surface area contributed by atoms with E-state index < -0.39 is 0 Å². The largest absolute Gasteiger partial charge is 0.491 e. The monoisotopic (exact) mass is 325 g/mol. The second-order valence-electron chi connectivity index (χ2n) is 6.81. The summed E-state index contributed by atoms with van der Waals surface area (Å²) in [6.07, 6.45) is 9.75. The molecule has 2 saturated heterocycles. The lowest BCUT2D eigenvalue weighted by atomic mass is 9.77. The number of aromatic nitrogens is 2. The fraction of sp³-hybridized carbons (Fsp3) is 0.474. The maximum Gasteiger partial charge on any atom is 0.137 e. The third-order valence-corrected chi connectivity index (χ3v) is 5.14. The molecule has 0 N–H and O–H groups in total. The van der Waals surface area contributed by atoms with E-state index in [9.17, 15) is 0 Å². The molecule has 0 spiro atoms. The molecule has 0 aromatic carbocycles. The molecule has 0 unspecified atom stereocenters. The summed E-state index contributed by atoms with van der Waals surface area (Å²) in [4.78, 5) is 10.9. The predicted octanol–water partition coefficient (Wildman–Crippen LogP) is 2.54. The van der Waals surface area contributed by atoms with E-state index in [1.807, 2.05) is 30.6 Å². The summed E-state index contributed by atoms with van der Waals surface area (Å²) in [6, 6.07) is 8.01. The van der Waals surface area contributed by atoms with Gasteiger partial charge in [-0.2, -0.15) is 0 Å². The van der Waals surface area contributed by atoms with Gasteiger partial charge in [-0.25, -0.2) is 0 Å². The Bertz CT molecular complexity index is 652. The van der Waals surface area contributed by atoms with E-state index in [1.54, 1.807) is 12.4 Å². The van der Waals surface area contributed by atoms with Crippen molar-refractivity contribution in [2.24, 2.45) is 5.41 Å². The number of piperidine rings is 1. The molecule has 2 atom stereocenters. The maximum atomic E-state index is 6.07. The summed E-state index contributed by atoms with van der Waals surface area (Å²) in [5.74, 6) is 0.835. The molecule has 0 aliphatic carbocycles. The zero-order chi connectivity index (χ0) is 16.2. The number of nitrogens with zero attached hydrogens (tertiary/aromatic N) is 3. The predicted molar refractivity (Wildman–Crippen MR) is 90.7 cm³/mol. The van der Waals surface area contributed by atoms with Crippen molar-refractivity contribution in [3.05, 3.63) is 54.6 Å². The Morgan fingerprint density at radius 2 is 2.08 bits per heavy atom. The minimum atomic E-state index is 0.0797. The molecule has 2 aliphatic rings. The SMILES string of the molecule is c1cncc(CN2CC[C@@H]3OCC[C@]3(COc3cccnc3)C2)c1. The van der Waals surface area contributed by atoms with E-state index in [4.69, 9.17) is 9.47 Å². The third kappa shape index (κ3) is 3.28. The quantitative estimate of drug-likeness (QED) is 0.845. The standard InChI is InChI=1S/C19H23N3O2/c1-3-16(11-20-7-1)13-22-9-5-18-19(14-22,6-10-23-18)15-24-17-4-2-8-21-12-17/h1-4,7-8,11-12,18H,5-6,9-10,13-15H2/t18-,19+/m0/s1. The molecule has 0 saturated carbocycles. The van der Waals surface area contributed by atoms with Crippen LogP contribution < -0.4 is 4.74 Å². The lowest BCUT2D eigenvalue weighted by Crippen LogP contribution is -2.52. The van der Waals surface area contributed by atoms with Crippen LogP contribution in [0.25, 0.3) is 0 Å². The number of pyridine rings is 2. The van der Waals surface area contributed by atoms with Crippen LogP contribution in [-0.4, -0.2) is 47.3 Å². The Labute approximate surface area is 142 Å². The lowest BCUT2D eigenvalue weighted by molar-refractivity contribution is -0.0414. The van der Waals surface area contributed by atoms with Crippen molar-refractivity contribution < 1.29 is 9.47 Å². The van der Waals surface area contributed by atoms with Gasteiger partial charge in [0.2, 0.25) is 0 Å². The van der Waals surface area contributed by atoms with Gasteiger partial charge in [-0.05, 0) is 36.6 Å². The molecule has 4 rings (SSSR count). The minimum absolute atomic E-state index is 0.0797. The Kier molecular flexibility index (Phi) is 4.45.